The van der Waals surface area contributed by atoms with Crippen LogP contribution in [0.4, 0.5) is 13.6 Å². The highest BCUT2D eigenvalue weighted by Gasteiger charge is 2.80. The van der Waals surface area contributed by atoms with Gasteiger partial charge in [0, 0.05) is 34.9 Å². The Balaban J connectivity index is 0.838. The molecule has 6 fully saturated rings. The van der Waals surface area contributed by atoms with E-state index in [1.165, 1.54) is 19.1 Å². The van der Waals surface area contributed by atoms with Gasteiger partial charge >= 0.3 is 6.09 Å². The lowest BCUT2D eigenvalue weighted by atomic mass is 9.44. The number of alkyl halides is 2. The summed E-state index contributed by atoms with van der Waals surface area (Å²) in [6, 6.07) is 7.13. The van der Waals surface area contributed by atoms with Crippen molar-refractivity contribution in [3.63, 3.8) is 0 Å². The molecule has 6 aliphatic carbocycles. The number of aliphatic hydroxyl groups excluding tert-OH is 2. The summed E-state index contributed by atoms with van der Waals surface area (Å²) >= 11 is 0. The number of nitrogens with one attached hydrogen (secondary N) is 3. The number of ether oxygens (including phenoxy) is 3. The zero-order chi connectivity index (χ0) is 46.9. The average Bonchev–Trinajstić information content (AvgIpc) is 3.72. The summed E-state index contributed by atoms with van der Waals surface area (Å²) in [5.74, 6) is -2.88. The van der Waals surface area contributed by atoms with Crippen molar-refractivity contribution in [2.45, 2.75) is 159 Å². The molecule has 1 aromatic carbocycles. The van der Waals surface area contributed by atoms with Gasteiger partial charge < -0.3 is 46.1 Å². The topological polar surface area (TPSA) is 216 Å². The summed E-state index contributed by atoms with van der Waals surface area (Å²) in [6.45, 7) is 7.98. The van der Waals surface area contributed by atoms with E-state index in [2.05, 4.69) is 16.0 Å². The lowest BCUT2D eigenvalue weighted by Gasteiger charge is -2.63. The smallest absolute Gasteiger partial charge is 0.407 e. The molecule has 356 valence electrons. The van der Waals surface area contributed by atoms with Crippen LogP contribution in [-0.4, -0.2) is 107 Å². The number of hydrogen-bond acceptors (Lipinski definition) is 11. The van der Waals surface area contributed by atoms with Crippen LogP contribution >= 0.6 is 0 Å². The number of aliphatic hydroxyl groups is 2. The van der Waals surface area contributed by atoms with Gasteiger partial charge in [-0.3, -0.25) is 19.2 Å². The van der Waals surface area contributed by atoms with E-state index in [0.717, 1.165) is 43.7 Å². The number of halogens is 2. The molecule has 65 heavy (non-hydrogen) atoms. The van der Waals surface area contributed by atoms with Crippen LogP contribution in [0.3, 0.4) is 0 Å². The molecule has 1 aromatic rings. The van der Waals surface area contributed by atoms with E-state index in [-0.39, 0.29) is 48.7 Å². The standard InChI is InChI=1S/C49H66F2N4O10/c1-44(2,3)65-43(62)53-15-7-6-8-36(55-40(60)25-52)41(61)54-30-22-47(23-30)20-28(21-47)16-27-9-11-29(12-10-27)42-63-39-19-32-33-18-35(50)34-17-31(57)13-14-45(34,4)48(33,51)37(58)24-46(32,5)49(39,64-42)38(59)26-56/h9-14,17,28,30,32-33,35-37,39,42,56,58H,6-8,15-16,18-26,52H2,1-5H3,(H,53,62)(H,54,61)(H,55,60)/t28?,30?,32-,33-,35-,36-,37-,39+,42+,45-,46-,47?,48-,49+/m0/s1. The van der Waals surface area contributed by atoms with Gasteiger partial charge in [-0.25, -0.2) is 13.6 Å². The largest absolute Gasteiger partial charge is 0.444 e. The molecule has 16 heteroatoms. The van der Waals surface area contributed by atoms with Gasteiger partial charge in [-0.1, -0.05) is 37.3 Å². The molecule has 0 bridgehead atoms. The van der Waals surface area contributed by atoms with Crippen LogP contribution < -0.4 is 21.7 Å². The van der Waals surface area contributed by atoms with Gasteiger partial charge in [-0.2, -0.15) is 0 Å². The number of hydrogen-bond donors (Lipinski definition) is 6. The molecule has 8 rings (SSSR count). The molecule has 1 aliphatic heterocycles. The number of alkyl carbamates (subject to hydrolysis) is 1. The Labute approximate surface area is 379 Å². The highest BCUT2D eigenvalue weighted by Crippen LogP contribution is 2.72. The van der Waals surface area contributed by atoms with E-state index in [1.807, 2.05) is 24.3 Å². The third kappa shape index (κ3) is 8.16. The second kappa shape index (κ2) is 17.2. The van der Waals surface area contributed by atoms with Gasteiger partial charge in [0.2, 0.25) is 11.8 Å². The van der Waals surface area contributed by atoms with Crippen molar-refractivity contribution in [3.05, 3.63) is 59.2 Å². The molecular weight excluding hydrogens is 843 g/mol. The number of ketones is 2. The van der Waals surface area contributed by atoms with Gasteiger partial charge in [0.25, 0.3) is 0 Å². The minimum Gasteiger partial charge on any atom is -0.444 e. The van der Waals surface area contributed by atoms with Gasteiger partial charge in [-0.05, 0) is 139 Å². The number of nitrogens with two attached hydrogens (primary N) is 1. The second-order valence-electron chi connectivity index (χ2n) is 21.6. The first kappa shape index (κ1) is 47.4. The summed E-state index contributed by atoms with van der Waals surface area (Å²) in [4.78, 5) is 63.5. The number of fused-ring (bicyclic) bond motifs is 7. The van der Waals surface area contributed by atoms with Crippen molar-refractivity contribution in [3.8, 4) is 0 Å². The first-order valence-corrected chi connectivity index (χ1v) is 23.4. The summed E-state index contributed by atoms with van der Waals surface area (Å²) in [7, 11) is 0. The molecule has 3 amide bonds. The first-order chi connectivity index (χ1) is 30.6. The molecule has 1 spiro atoms. The Morgan fingerprint density at radius 3 is 2.38 bits per heavy atom. The Morgan fingerprint density at radius 2 is 1.72 bits per heavy atom. The molecule has 7 N–H and O–H groups in total. The zero-order valence-corrected chi connectivity index (χ0v) is 38.1. The second-order valence-corrected chi connectivity index (χ2v) is 21.6. The molecule has 5 saturated carbocycles. The molecule has 7 aliphatic rings. The van der Waals surface area contributed by atoms with Crippen LogP contribution in [-0.2, 0) is 39.8 Å². The van der Waals surface area contributed by atoms with Crippen LogP contribution in [0.5, 0.6) is 0 Å². The molecule has 0 aromatic heterocycles. The minimum atomic E-state index is -2.32. The van der Waals surface area contributed by atoms with Crippen LogP contribution in [0.1, 0.15) is 116 Å². The highest BCUT2D eigenvalue weighted by molar-refractivity contribution is 6.01. The van der Waals surface area contributed by atoms with E-state index >= 15 is 8.78 Å². The number of rotatable bonds is 14. The van der Waals surface area contributed by atoms with Gasteiger partial charge in [0.15, 0.2) is 29.1 Å². The molecule has 1 saturated heterocycles. The average molecular weight is 909 g/mol. The van der Waals surface area contributed by atoms with Crippen LogP contribution in [0, 0.1) is 34.0 Å². The number of carbonyl (C=O) groups excluding carboxylic acids is 5. The predicted octanol–water partition coefficient (Wildman–Crippen LogP) is 4.69. The van der Waals surface area contributed by atoms with Crippen molar-refractivity contribution in [2.75, 3.05) is 19.7 Å². The third-order valence-electron chi connectivity index (χ3n) is 16.3. The molecule has 0 unspecified atom stereocenters. The van der Waals surface area contributed by atoms with Gasteiger partial charge in [0.05, 0.1) is 18.8 Å². The minimum absolute atomic E-state index is 0.0206. The molecule has 14 nitrogen and oxygen atoms in total. The lowest BCUT2D eigenvalue weighted by molar-refractivity contribution is -0.235. The maximum Gasteiger partial charge on any atom is 0.407 e. The number of amides is 3. The van der Waals surface area contributed by atoms with E-state index < -0.39 is 100 Å². The SMILES string of the molecule is CC(C)(C)OC(=O)NCCCC[C@H](NC(=O)CN)C(=O)NC1CC2(CC(Cc3ccc([C@@H]4O[C@@H]5C[C@H]6[C@@H]7C[C@H](F)C8=CC(=O)C=C[C@]8(C)[C@@]7(F)[C@@H](O)C[C@]6(C)[C@]5(C(=O)CO)O4)cc3)C2)C1. The van der Waals surface area contributed by atoms with E-state index in [4.69, 9.17) is 19.9 Å². The number of allylic oxidation sites excluding steroid dienone is 4. The molecule has 11 atom stereocenters. The van der Waals surface area contributed by atoms with Crippen molar-refractivity contribution in [2.24, 2.45) is 39.7 Å². The summed E-state index contributed by atoms with van der Waals surface area (Å²) < 4.78 is 52.1. The Morgan fingerprint density at radius 1 is 1.02 bits per heavy atom. The number of carbonyl (C=O) groups is 5. The summed E-state index contributed by atoms with van der Waals surface area (Å²) in [5, 5.41) is 30.7. The molecule has 1 heterocycles. The Kier molecular flexibility index (Phi) is 12.6. The fourth-order valence-electron chi connectivity index (χ4n) is 13.4. The van der Waals surface area contributed by atoms with Crippen molar-refractivity contribution < 1.29 is 57.2 Å². The number of unbranched alkanes of at least 4 members (excludes halogenated alkanes) is 1. The lowest BCUT2D eigenvalue weighted by Crippen LogP contribution is -2.70. The van der Waals surface area contributed by atoms with Crippen LogP contribution in [0.15, 0.2) is 48.1 Å². The quantitative estimate of drug-likeness (QED) is 0.141. The highest BCUT2D eigenvalue weighted by atomic mass is 19.1. The van der Waals surface area contributed by atoms with E-state index in [1.54, 1.807) is 27.7 Å². The third-order valence-corrected chi connectivity index (χ3v) is 16.3. The van der Waals surface area contributed by atoms with Crippen molar-refractivity contribution >= 4 is 29.5 Å². The maximum absolute atomic E-state index is 17.7. The Hall–Kier alpha value is -4.09. The van der Waals surface area contributed by atoms with Gasteiger partial charge in [0.1, 0.15) is 24.4 Å². The number of benzene rings is 1. The van der Waals surface area contributed by atoms with E-state index in [9.17, 15) is 34.2 Å². The Bertz CT molecular complexity index is 2110. The fraction of sp³-hybridized carbons (Fsp3) is 0.694. The van der Waals surface area contributed by atoms with Crippen molar-refractivity contribution in [1.82, 2.24) is 16.0 Å². The maximum atomic E-state index is 17.7. The fourth-order valence-corrected chi connectivity index (χ4v) is 13.4. The molecule has 0 radical (unpaired) electrons. The number of Topliss-reactive ketones (excluding diaryl/α,β-unsaturated/α-hetero) is 1. The van der Waals surface area contributed by atoms with Gasteiger partial charge in [-0.15, -0.1) is 0 Å². The normalized spacial score (nSPS) is 39.4. The monoisotopic (exact) mass is 908 g/mol. The van der Waals surface area contributed by atoms with E-state index in [0.29, 0.717) is 37.3 Å². The zero-order valence-electron chi connectivity index (χ0n) is 38.1. The van der Waals surface area contributed by atoms with Crippen molar-refractivity contribution in [1.29, 1.82) is 0 Å². The summed E-state index contributed by atoms with van der Waals surface area (Å²) in [5.41, 5.74) is 0.123. The predicted molar refractivity (Wildman–Crippen MR) is 233 cm³/mol. The molecular formula is C49H66F2N4O10. The summed E-state index contributed by atoms with van der Waals surface area (Å²) in [6.07, 6.45) is 4.14. The van der Waals surface area contributed by atoms with Crippen LogP contribution in [0.25, 0.3) is 0 Å². The van der Waals surface area contributed by atoms with Crippen LogP contribution in [0.2, 0.25) is 0 Å². The first-order valence-electron chi connectivity index (χ1n) is 23.4.